The average Bonchev–Trinajstić information content (AvgIpc) is 2.73. The lowest BCUT2D eigenvalue weighted by Crippen LogP contribution is -2.34. The normalized spacial score (nSPS) is 15.4. The van der Waals surface area contributed by atoms with Crippen molar-refractivity contribution in [3.05, 3.63) is 47.4 Å². The lowest BCUT2D eigenvalue weighted by atomic mass is 9.94. The third-order valence-electron chi connectivity index (χ3n) is 5.51. The van der Waals surface area contributed by atoms with Crippen LogP contribution in [0.5, 0.6) is 0 Å². The van der Waals surface area contributed by atoms with Gasteiger partial charge in [0.2, 0.25) is 5.82 Å². The third-order valence-corrected chi connectivity index (χ3v) is 5.51. The van der Waals surface area contributed by atoms with Gasteiger partial charge in [-0.05, 0) is 57.5 Å². The highest BCUT2D eigenvalue weighted by Gasteiger charge is 2.30. The molecular formula is C22H25F3N4. The maximum atomic E-state index is 13.0. The van der Waals surface area contributed by atoms with E-state index in [1.165, 1.54) is 38.2 Å². The summed E-state index contributed by atoms with van der Waals surface area (Å²) in [5, 5.41) is 9.24. The van der Waals surface area contributed by atoms with Crippen molar-refractivity contribution in [3.8, 4) is 17.3 Å². The predicted molar refractivity (Wildman–Crippen MR) is 105 cm³/mol. The molecule has 29 heavy (non-hydrogen) atoms. The van der Waals surface area contributed by atoms with Crippen LogP contribution < -0.4 is 0 Å². The first-order chi connectivity index (χ1) is 13.9. The van der Waals surface area contributed by atoms with Gasteiger partial charge in [-0.15, -0.1) is 0 Å². The molecule has 0 N–H and O–H groups in total. The molecule has 7 heteroatoms. The van der Waals surface area contributed by atoms with Gasteiger partial charge in [0.15, 0.2) is 0 Å². The number of hydrogen-bond donors (Lipinski definition) is 0. The Morgan fingerprint density at radius 3 is 2.59 bits per heavy atom. The third kappa shape index (κ3) is 5.77. The number of halogens is 3. The smallest absolute Gasteiger partial charge is 0.303 e. The molecule has 0 amide bonds. The Morgan fingerprint density at radius 2 is 1.90 bits per heavy atom. The fourth-order valence-corrected chi connectivity index (χ4v) is 3.89. The highest BCUT2D eigenvalue weighted by Crippen LogP contribution is 2.32. The monoisotopic (exact) mass is 402 g/mol. The zero-order chi connectivity index (χ0) is 20.9. The maximum Gasteiger partial charge on any atom is 0.416 e. The second kappa shape index (κ2) is 9.36. The predicted octanol–water partition coefficient (Wildman–Crippen LogP) is 5.23. The van der Waals surface area contributed by atoms with Gasteiger partial charge in [0.1, 0.15) is 6.07 Å². The van der Waals surface area contributed by atoms with Crippen LogP contribution in [0.3, 0.4) is 0 Å². The summed E-state index contributed by atoms with van der Waals surface area (Å²) in [7, 11) is 2.14. The van der Waals surface area contributed by atoms with E-state index in [4.69, 9.17) is 0 Å². The lowest BCUT2D eigenvalue weighted by Gasteiger charge is -2.31. The van der Waals surface area contributed by atoms with Crippen LogP contribution in [0.2, 0.25) is 0 Å². The number of nitriles is 1. The van der Waals surface area contributed by atoms with E-state index in [9.17, 15) is 18.4 Å². The van der Waals surface area contributed by atoms with Gasteiger partial charge < -0.3 is 4.90 Å². The van der Waals surface area contributed by atoms with Crippen LogP contribution in [0.15, 0.2) is 30.3 Å². The van der Waals surface area contributed by atoms with Crippen LogP contribution in [0.25, 0.3) is 11.3 Å². The van der Waals surface area contributed by atoms with Gasteiger partial charge in [-0.3, -0.25) is 0 Å². The SMILES string of the molecule is CN(CCCc1cc(-c2cccc(C(F)(F)F)c2)nc(C#N)n1)C1CCCCC1. The van der Waals surface area contributed by atoms with Crippen molar-refractivity contribution in [2.75, 3.05) is 13.6 Å². The molecule has 0 unspecified atom stereocenters. The lowest BCUT2D eigenvalue weighted by molar-refractivity contribution is -0.137. The van der Waals surface area contributed by atoms with Crippen molar-refractivity contribution in [2.24, 2.45) is 0 Å². The van der Waals surface area contributed by atoms with E-state index in [-0.39, 0.29) is 5.82 Å². The van der Waals surface area contributed by atoms with Gasteiger partial charge in [-0.25, -0.2) is 9.97 Å². The summed E-state index contributed by atoms with van der Waals surface area (Å²) >= 11 is 0. The zero-order valence-electron chi connectivity index (χ0n) is 16.5. The molecule has 1 aliphatic carbocycles. The molecule has 1 aromatic heterocycles. The van der Waals surface area contributed by atoms with Gasteiger partial charge in [0.05, 0.1) is 11.3 Å². The molecule has 154 valence electrons. The van der Waals surface area contributed by atoms with E-state index >= 15 is 0 Å². The number of aryl methyl sites for hydroxylation is 1. The van der Waals surface area contributed by atoms with Gasteiger partial charge in [-0.1, -0.05) is 31.4 Å². The van der Waals surface area contributed by atoms with Crippen molar-refractivity contribution in [1.29, 1.82) is 5.26 Å². The average molecular weight is 402 g/mol. The minimum Gasteiger partial charge on any atom is -0.303 e. The van der Waals surface area contributed by atoms with Crippen LogP contribution in [-0.2, 0) is 12.6 Å². The quantitative estimate of drug-likeness (QED) is 0.664. The molecule has 1 heterocycles. The number of benzene rings is 1. The minimum absolute atomic E-state index is 0.0180. The van der Waals surface area contributed by atoms with Gasteiger partial charge >= 0.3 is 6.18 Å². The molecule has 0 bridgehead atoms. The number of hydrogen-bond acceptors (Lipinski definition) is 4. The molecule has 2 aromatic rings. The Bertz CT molecular complexity index is 867. The fourth-order valence-electron chi connectivity index (χ4n) is 3.89. The number of rotatable bonds is 6. The summed E-state index contributed by atoms with van der Waals surface area (Å²) in [6.45, 7) is 0.926. The Balaban J connectivity index is 1.71. The fraction of sp³-hybridized carbons (Fsp3) is 0.500. The van der Waals surface area contributed by atoms with Crippen LogP contribution in [-0.4, -0.2) is 34.5 Å². The second-order valence-corrected chi connectivity index (χ2v) is 7.63. The molecule has 0 aliphatic heterocycles. The first-order valence-corrected chi connectivity index (χ1v) is 10.0. The van der Waals surface area contributed by atoms with Crippen molar-refractivity contribution in [3.63, 3.8) is 0 Å². The van der Waals surface area contributed by atoms with E-state index in [0.717, 1.165) is 25.1 Å². The van der Waals surface area contributed by atoms with Gasteiger partial charge in [-0.2, -0.15) is 18.4 Å². The summed E-state index contributed by atoms with van der Waals surface area (Å²) in [5.41, 5.74) is 0.626. The molecule has 0 spiro atoms. The molecule has 1 aromatic carbocycles. The minimum atomic E-state index is -4.42. The summed E-state index contributed by atoms with van der Waals surface area (Å²) in [4.78, 5) is 10.7. The first kappa shape index (κ1) is 21.3. The van der Waals surface area contributed by atoms with E-state index < -0.39 is 11.7 Å². The Hall–Kier alpha value is -2.46. The van der Waals surface area contributed by atoms with E-state index in [1.54, 1.807) is 12.1 Å². The van der Waals surface area contributed by atoms with Crippen LogP contribution in [0.4, 0.5) is 13.2 Å². The number of nitrogens with zero attached hydrogens (tertiary/aromatic N) is 4. The second-order valence-electron chi connectivity index (χ2n) is 7.63. The Labute approximate surface area is 169 Å². The molecule has 1 saturated carbocycles. The molecule has 1 fully saturated rings. The molecular weight excluding hydrogens is 377 g/mol. The molecule has 3 rings (SSSR count). The summed E-state index contributed by atoms with van der Waals surface area (Å²) < 4.78 is 39.0. The first-order valence-electron chi connectivity index (χ1n) is 10.0. The zero-order valence-corrected chi connectivity index (χ0v) is 16.5. The molecule has 0 saturated heterocycles. The van der Waals surface area contributed by atoms with Crippen molar-refractivity contribution in [1.82, 2.24) is 14.9 Å². The van der Waals surface area contributed by atoms with Crippen LogP contribution >= 0.6 is 0 Å². The van der Waals surface area contributed by atoms with Crippen LogP contribution in [0.1, 0.15) is 55.6 Å². The number of aromatic nitrogens is 2. The molecule has 0 radical (unpaired) electrons. The van der Waals surface area contributed by atoms with E-state index in [1.807, 2.05) is 6.07 Å². The summed E-state index contributed by atoms with van der Waals surface area (Å²) in [5.74, 6) is -0.0180. The van der Waals surface area contributed by atoms with Crippen LogP contribution in [0, 0.1) is 11.3 Å². The number of alkyl halides is 3. The largest absolute Gasteiger partial charge is 0.416 e. The standard InChI is InChI=1S/C22H25F3N4/c1-29(19-10-3-2-4-11-19)12-6-9-18-14-20(28-21(15-26)27-18)16-7-5-8-17(13-16)22(23,24)25/h5,7-8,13-14,19H,2-4,6,9-12H2,1H3. The van der Waals surface area contributed by atoms with Crippen molar-refractivity contribution >= 4 is 0 Å². The van der Waals surface area contributed by atoms with Gasteiger partial charge in [0, 0.05) is 17.3 Å². The summed E-state index contributed by atoms with van der Waals surface area (Å²) in [6.07, 6.45) is 3.47. The van der Waals surface area contributed by atoms with Crippen molar-refractivity contribution < 1.29 is 13.2 Å². The topological polar surface area (TPSA) is 52.8 Å². The van der Waals surface area contributed by atoms with Gasteiger partial charge in [0.25, 0.3) is 0 Å². The summed E-state index contributed by atoms with van der Waals surface area (Å²) in [6, 6.07) is 9.25. The highest BCUT2D eigenvalue weighted by molar-refractivity contribution is 5.61. The highest BCUT2D eigenvalue weighted by atomic mass is 19.4. The molecule has 4 nitrogen and oxygen atoms in total. The van der Waals surface area contributed by atoms with E-state index in [0.29, 0.717) is 29.4 Å². The Kier molecular flexibility index (Phi) is 6.86. The maximum absolute atomic E-state index is 13.0. The Morgan fingerprint density at radius 1 is 1.14 bits per heavy atom. The molecule has 0 atom stereocenters. The van der Waals surface area contributed by atoms with E-state index in [2.05, 4.69) is 21.9 Å². The molecule has 1 aliphatic rings. The van der Waals surface area contributed by atoms with Crippen molar-refractivity contribution in [2.45, 2.75) is 57.2 Å².